The molecule has 13 heavy (non-hydrogen) atoms. The summed E-state index contributed by atoms with van der Waals surface area (Å²) in [6.45, 7) is 11.6. The molecule has 0 amide bonds. The lowest BCUT2D eigenvalue weighted by Crippen LogP contribution is -1.93. The zero-order chi connectivity index (χ0) is 10.4. The lowest BCUT2D eigenvalue weighted by molar-refractivity contribution is 0.497. The van der Waals surface area contributed by atoms with Gasteiger partial charge in [0.25, 0.3) is 0 Å². The van der Waals surface area contributed by atoms with E-state index in [0.29, 0.717) is 11.8 Å². The Morgan fingerprint density at radius 3 is 2.38 bits per heavy atom. The van der Waals surface area contributed by atoms with Crippen LogP contribution in [0.3, 0.4) is 0 Å². The minimum absolute atomic E-state index is 0.364. The molecule has 0 aliphatic carbocycles. The molecule has 0 aliphatic heterocycles. The standard InChI is InChI=1S/C10H17NOS/c1-8(2)9(3)7-11-10(4)12-13(5)6/h7-8H,3-5H2,1-2,6H3/b11-7+. The van der Waals surface area contributed by atoms with E-state index in [0.717, 1.165) is 5.57 Å². The highest BCUT2D eigenvalue weighted by molar-refractivity contribution is 8.09. The van der Waals surface area contributed by atoms with Crippen LogP contribution in [0.4, 0.5) is 0 Å². The Hall–Kier alpha value is -0.830. The summed E-state index contributed by atoms with van der Waals surface area (Å²) in [5.74, 6) is 4.48. The molecule has 0 aromatic heterocycles. The van der Waals surface area contributed by atoms with Crippen molar-refractivity contribution in [2.45, 2.75) is 13.8 Å². The Bertz CT molecular complexity index is 254. The maximum absolute atomic E-state index is 5.16. The van der Waals surface area contributed by atoms with Crippen LogP contribution in [0, 0.1) is 5.92 Å². The third-order valence-electron chi connectivity index (χ3n) is 1.35. The van der Waals surface area contributed by atoms with Crippen LogP contribution < -0.4 is 0 Å². The summed E-state index contributed by atoms with van der Waals surface area (Å²) in [5, 5.41) is 0. The van der Waals surface area contributed by atoms with E-state index < -0.39 is 0 Å². The van der Waals surface area contributed by atoms with Crippen molar-refractivity contribution >= 4 is 22.8 Å². The molecule has 0 saturated heterocycles. The molecule has 0 aromatic carbocycles. The minimum Gasteiger partial charge on any atom is -0.416 e. The second-order valence-corrected chi connectivity index (χ2v) is 4.35. The van der Waals surface area contributed by atoms with E-state index >= 15 is 0 Å². The van der Waals surface area contributed by atoms with Gasteiger partial charge in [0.05, 0.1) is 0 Å². The van der Waals surface area contributed by atoms with Crippen molar-refractivity contribution in [3.8, 4) is 0 Å². The van der Waals surface area contributed by atoms with E-state index in [1.807, 2.05) is 6.26 Å². The Kier molecular flexibility index (Phi) is 5.39. The van der Waals surface area contributed by atoms with Crippen LogP contribution in [0.25, 0.3) is 0 Å². The monoisotopic (exact) mass is 199 g/mol. The van der Waals surface area contributed by atoms with Gasteiger partial charge in [-0.25, -0.2) is 4.99 Å². The lowest BCUT2D eigenvalue weighted by Gasteiger charge is -2.04. The van der Waals surface area contributed by atoms with Crippen molar-refractivity contribution in [2.75, 3.05) is 6.26 Å². The first-order chi connectivity index (χ1) is 5.93. The summed E-state index contributed by atoms with van der Waals surface area (Å²) in [5.41, 5.74) is 0.963. The zero-order valence-corrected chi connectivity index (χ0v) is 9.36. The Labute approximate surface area is 83.2 Å². The fourth-order valence-corrected chi connectivity index (χ4v) is 0.861. The second-order valence-electron chi connectivity index (χ2n) is 3.04. The zero-order valence-electron chi connectivity index (χ0n) is 8.54. The summed E-state index contributed by atoms with van der Waals surface area (Å²) in [7, 11) is -0.364. The Balaban J connectivity index is 4.05. The molecular formula is C10H17NOS. The van der Waals surface area contributed by atoms with Gasteiger partial charge in [0, 0.05) is 12.5 Å². The van der Waals surface area contributed by atoms with E-state index in [9.17, 15) is 0 Å². The molecule has 0 saturated carbocycles. The quantitative estimate of drug-likeness (QED) is 0.379. The van der Waals surface area contributed by atoms with Crippen LogP contribution in [0.15, 0.2) is 29.6 Å². The predicted octanol–water partition coefficient (Wildman–Crippen LogP) is 3.00. The first-order valence-corrected chi connectivity index (χ1v) is 5.72. The van der Waals surface area contributed by atoms with Crippen LogP contribution >= 0.6 is 10.8 Å². The number of nitrogens with zero attached hydrogens (tertiary/aromatic N) is 1. The van der Waals surface area contributed by atoms with Crippen molar-refractivity contribution in [3.63, 3.8) is 0 Å². The Morgan fingerprint density at radius 2 is 2.00 bits per heavy atom. The third kappa shape index (κ3) is 6.34. The van der Waals surface area contributed by atoms with Gasteiger partial charge < -0.3 is 4.18 Å². The highest BCUT2D eigenvalue weighted by Gasteiger charge is 1.96. The fourth-order valence-electron chi connectivity index (χ4n) is 0.490. The molecule has 0 rings (SSSR count). The smallest absolute Gasteiger partial charge is 0.219 e. The molecule has 0 aliphatic rings. The molecule has 3 heteroatoms. The Morgan fingerprint density at radius 1 is 1.46 bits per heavy atom. The molecule has 0 fully saturated rings. The van der Waals surface area contributed by atoms with E-state index in [2.05, 4.69) is 37.9 Å². The first-order valence-electron chi connectivity index (χ1n) is 3.99. The van der Waals surface area contributed by atoms with Crippen LogP contribution in [0.1, 0.15) is 13.8 Å². The van der Waals surface area contributed by atoms with Crippen molar-refractivity contribution in [1.82, 2.24) is 0 Å². The average Bonchev–Trinajstić information content (AvgIpc) is 1.98. The van der Waals surface area contributed by atoms with E-state index in [1.165, 1.54) is 0 Å². The third-order valence-corrected chi connectivity index (χ3v) is 1.83. The number of rotatable bonds is 5. The topological polar surface area (TPSA) is 21.6 Å². The van der Waals surface area contributed by atoms with Gasteiger partial charge in [0.2, 0.25) is 5.88 Å². The first kappa shape index (κ1) is 12.2. The molecule has 74 valence electrons. The number of allylic oxidation sites excluding steroid dienone is 1. The molecule has 1 atom stereocenters. The SMILES string of the molecule is C=C(/N=C/C(=C)C(C)C)OS(=C)C. The fraction of sp³-hybridized carbons (Fsp3) is 0.400. The predicted molar refractivity (Wildman–Crippen MR) is 63.3 cm³/mol. The van der Waals surface area contributed by atoms with Gasteiger partial charge in [-0.1, -0.05) is 20.4 Å². The molecule has 0 bridgehead atoms. The molecule has 0 aromatic rings. The van der Waals surface area contributed by atoms with Crippen LogP contribution in [-0.4, -0.2) is 18.3 Å². The molecule has 0 radical (unpaired) electrons. The van der Waals surface area contributed by atoms with Crippen LogP contribution in [0.2, 0.25) is 0 Å². The number of hydrogen-bond acceptors (Lipinski definition) is 2. The summed E-state index contributed by atoms with van der Waals surface area (Å²) in [6, 6.07) is 0. The van der Waals surface area contributed by atoms with Gasteiger partial charge in [0.1, 0.15) is 0 Å². The van der Waals surface area contributed by atoms with E-state index in [-0.39, 0.29) is 10.8 Å². The highest BCUT2D eigenvalue weighted by Crippen LogP contribution is 2.12. The normalized spacial score (nSPS) is 13.2. The molecule has 0 N–H and O–H groups in total. The van der Waals surface area contributed by atoms with Gasteiger partial charge in [0.15, 0.2) is 0 Å². The highest BCUT2D eigenvalue weighted by atomic mass is 32.2. The summed E-state index contributed by atoms with van der Waals surface area (Å²) >= 11 is 0. The molecule has 1 unspecified atom stereocenters. The number of hydrogen-bond donors (Lipinski definition) is 0. The summed E-state index contributed by atoms with van der Waals surface area (Å²) in [4.78, 5) is 4.01. The van der Waals surface area contributed by atoms with Crippen molar-refractivity contribution in [1.29, 1.82) is 0 Å². The molecule has 0 spiro atoms. The van der Waals surface area contributed by atoms with Gasteiger partial charge >= 0.3 is 0 Å². The lowest BCUT2D eigenvalue weighted by atomic mass is 10.1. The maximum atomic E-state index is 5.16. The van der Waals surface area contributed by atoms with Gasteiger partial charge in [-0.3, -0.25) is 0 Å². The second kappa shape index (κ2) is 5.75. The van der Waals surface area contributed by atoms with Gasteiger partial charge in [-0.15, -0.1) is 0 Å². The van der Waals surface area contributed by atoms with Crippen molar-refractivity contribution < 1.29 is 4.18 Å². The maximum Gasteiger partial charge on any atom is 0.219 e. The molecule has 2 nitrogen and oxygen atoms in total. The largest absolute Gasteiger partial charge is 0.416 e. The van der Waals surface area contributed by atoms with Gasteiger partial charge in [-0.2, -0.15) is 0 Å². The molecular weight excluding hydrogens is 182 g/mol. The number of aliphatic imine (C=N–C) groups is 1. The summed E-state index contributed by atoms with van der Waals surface area (Å²) < 4.78 is 5.16. The summed E-state index contributed by atoms with van der Waals surface area (Å²) in [6.07, 6.45) is 3.54. The average molecular weight is 199 g/mol. The van der Waals surface area contributed by atoms with Crippen LogP contribution in [-0.2, 0) is 4.18 Å². The van der Waals surface area contributed by atoms with Crippen LogP contribution in [0.5, 0.6) is 0 Å². The minimum atomic E-state index is -0.364. The van der Waals surface area contributed by atoms with Crippen molar-refractivity contribution in [3.05, 3.63) is 24.6 Å². The molecule has 0 heterocycles. The van der Waals surface area contributed by atoms with Crippen molar-refractivity contribution in [2.24, 2.45) is 10.9 Å². The van der Waals surface area contributed by atoms with Gasteiger partial charge in [-0.05, 0) is 34.7 Å². The van der Waals surface area contributed by atoms with E-state index in [1.54, 1.807) is 6.21 Å². The van der Waals surface area contributed by atoms with E-state index in [4.69, 9.17) is 4.18 Å².